The normalized spacial score (nSPS) is 30.0. The fourth-order valence-electron chi connectivity index (χ4n) is 6.31. The van der Waals surface area contributed by atoms with E-state index in [-0.39, 0.29) is 53.5 Å². The van der Waals surface area contributed by atoms with E-state index in [4.69, 9.17) is 15.5 Å². The standard InChI is InChI=1S/C23H33N5O4.ClH/c1-5-7-27-20-17(21(29)28(8-6-2)23(27)31)25-19(26-20)15-12-9-11-13(15)14(11)18(12)32-22(30)16(24)10(3)4;/h10-16,18H,5-9,24H2,1-4H3,(H,25,26);1H. The van der Waals surface area contributed by atoms with Gasteiger partial charge in [0.05, 0.1) is 0 Å². The van der Waals surface area contributed by atoms with Crippen molar-refractivity contribution in [2.45, 2.75) is 78.1 Å². The van der Waals surface area contributed by atoms with Crippen molar-refractivity contribution in [1.29, 1.82) is 0 Å². The topological polar surface area (TPSA) is 125 Å². The average molecular weight is 480 g/mol. The van der Waals surface area contributed by atoms with Crippen LogP contribution in [0.2, 0.25) is 0 Å². The van der Waals surface area contributed by atoms with Gasteiger partial charge in [-0.05, 0) is 37.0 Å². The van der Waals surface area contributed by atoms with E-state index in [1.807, 2.05) is 27.7 Å². The molecule has 182 valence electrons. The van der Waals surface area contributed by atoms with E-state index in [1.54, 1.807) is 4.57 Å². The zero-order chi connectivity index (χ0) is 22.9. The van der Waals surface area contributed by atoms with Crippen molar-refractivity contribution >= 4 is 29.5 Å². The first-order valence-corrected chi connectivity index (χ1v) is 12.0. The van der Waals surface area contributed by atoms with Gasteiger partial charge < -0.3 is 15.5 Å². The van der Waals surface area contributed by atoms with Crippen molar-refractivity contribution in [3.63, 3.8) is 0 Å². The fraction of sp³-hybridized carbons (Fsp3) is 0.739. The molecular formula is C23H34ClN5O4. The number of aromatic nitrogens is 4. The highest BCUT2D eigenvalue weighted by Crippen LogP contribution is 2.76. The van der Waals surface area contributed by atoms with Crippen molar-refractivity contribution in [2.75, 3.05) is 0 Å². The maximum Gasteiger partial charge on any atom is 0.332 e. The highest BCUT2D eigenvalue weighted by atomic mass is 35.5. The number of nitrogens with two attached hydrogens (primary N) is 1. The Kier molecular flexibility index (Phi) is 6.24. The minimum absolute atomic E-state index is 0. The van der Waals surface area contributed by atoms with E-state index in [9.17, 15) is 14.4 Å². The smallest absolute Gasteiger partial charge is 0.332 e. The van der Waals surface area contributed by atoms with Crippen LogP contribution in [0.1, 0.15) is 58.7 Å². The number of carbonyl (C=O) groups is 1. The molecule has 0 radical (unpaired) electrons. The predicted molar refractivity (Wildman–Crippen MR) is 126 cm³/mol. The van der Waals surface area contributed by atoms with Crippen LogP contribution in [0, 0.1) is 29.6 Å². The molecular weight excluding hydrogens is 446 g/mol. The number of hydrogen-bond donors (Lipinski definition) is 2. The van der Waals surface area contributed by atoms with E-state index < -0.39 is 6.04 Å². The monoisotopic (exact) mass is 479 g/mol. The fourth-order valence-corrected chi connectivity index (χ4v) is 6.31. The highest BCUT2D eigenvalue weighted by Gasteiger charge is 2.75. The van der Waals surface area contributed by atoms with Crippen LogP contribution in [0.25, 0.3) is 11.2 Å². The molecule has 2 heterocycles. The molecule has 4 aliphatic rings. The molecule has 10 heteroatoms. The Morgan fingerprint density at radius 3 is 2.42 bits per heavy atom. The summed E-state index contributed by atoms with van der Waals surface area (Å²) in [6.45, 7) is 8.68. The van der Waals surface area contributed by atoms with Gasteiger partial charge in [-0.3, -0.25) is 18.7 Å². The van der Waals surface area contributed by atoms with Gasteiger partial charge in [0.25, 0.3) is 5.56 Å². The number of ether oxygens (including phenoxy) is 1. The van der Waals surface area contributed by atoms with Crippen molar-refractivity contribution < 1.29 is 9.53 Å². The lowest BCUT2D eigenvalue weighted by Crippen LogP contribution is -2.40. The van der Waals surface area contributed by atoms with Crippen LogP contribution >= 0.6 is 12.4 Å². The van der Waals surface area contributed by atoms with Gasteiger partial charge in [0.15, 0.2) is 5.65 Å². The van der Waals surface area contributed by atoms with Crippen LogP contribution in [-0.4, -0.2) is 37.2 Å². The average Bonchev–Trinajstić information content (AvgIpc) is 3.16. The number of H-pyrrole nitrogens is 1. The van der Waals surface area contributed by atoms with Crippen LogP contribution < -0.4 is 17.0 Å². The minimum atomic E-state index is -0.616. The van der Waals surface area contributed by atoms with Crippen LogP contribution in [0.5, 0.6) is 0 Å². The number of rotatable bonds is 8. The maximum absolute atomic E-state index is 13.1. The predicted octanol–water partition coefficient (Wildman–Crippen LogP) is 2.00. The molecule has 2 aromatic heterocycles. The summed E-state index contributed by atoms with van der Waals surface area (Å²) < 4.78 is 8.83. The number of aromatic amines is 1. The lowest BCUT2D eigenvalue weighted by molar-refractivity contribution is -0.153. The number of aryl methyl sites for hydroxylation is 1. The zero-order valence-corrected chi connectivity index (χ0v) is 20.4. The second-order valence-electron chi connectivity index (χ2n) is 10.1. The van der Waals surface area contributed by atoms with Crippen LogP contribution in [-0.2, 0) is 22.6 Å². The minimum Gasteiger partial charge on any atom is -0.461 e. The summed E-state index contributed by atoms with van der Waals surface area (Å²) in [6, 6.07) is -0.616. The number of fused-ring (bicyclic) bond motifs is 1. The number of halogens is 1. The molecule has 9 nitrogen and oxygen atoms in total. The molecule has 6 rings (SSSR count). The first-order valence-electron chi connectivity index (χ1n) is 12.0. The maximum atomic E-state index is 13.1. The summed E-state index contributed by atoms with van der Waals surface area (Å²) in [5.41, 5.74) is 6.25. The number of nitrogens with zero attached hydrogens (tertiary/aromatic N) is 3. The van der Waals surface area contributed by atoms with E-state index in [2.05, 4.69) is 4.98 Å². The number of imidazole rings is 1. The van der Waals surface area contributed by atoms with Crippen LogP contribution in [0.3, 0.4) is 0 Å². The molecule has 7 atom stereocenters. The SMILES string of the molecule is CCCn1c(=O)c2[nH]c(C3C4CC5C(C4OC(=O)C(N)C(C)C)C53)nc2n(CCC)c1=O.Cl. The molecule has 0 saturated heterocycles. The third-order valence-electron chi connectivity index (χ3n) is 7.85. The van der Waals surface area contributed by atoms with E-state index in [1.165, 1.54) is 4.57 Å². The van der Waals surface area contributed by atoms with Gasteiger partial charge in [-0.15, -0.1) is 12.4 Å². The molecule has 7 unspecified atom stereocenters. The largest absolute Gasteiger partial charge is 0.461 e. The Bertz CT molecular complexity index is 1180. The molecule has 0 spiro atoms. The van der Waals surface area contributed by atoms with E-state index >= 15 is 0 Å². The molecule has 0 aromatic carbocycles. The molecule has 3 N–H and O–H groups in total. The van der Waals surface area contributed by atoms with Gasteiger partial charge >= 0.3 is 11.7 Å². The Hall–Kier alpha value is -2.13. The highest BCUT2D eigenvalue weighted by molar-refractivity contribution is 5.85. The molecule has 4 saturated carbocycles. The summed E-state index contributed by atoms with van der Waals surface area (Å²) in [5.74, 6) is 2.07. The number of carbonyl (C=O) groups excluding carboxylic acids is 1. The third-order valence-corrected chi connectivity index (χ3v) is 7.85. The number of esters is 1. The van der Waals surface area contributed by atoms with E-state index in [0.717, 1.165) is 18.7 Å². The first-order chi connectivity index (χ1) is 15.3. The molecule has 4 aliphatic carbocycles. The Balaban J connectivity index is 0.00000259. The quantitative estimate of drug-likeness (QED) is 0.558. The summed E-state index contributed by atoms with van der Waals surface area (Å²) in [7, 11) is 0. The van der Waals surface area contributed by atoms with Gasteiger partial charge in [-0.2, -0.15) is 0 Å². The van der Waals surface area contributed by atoms with Crippen molar-refractivity contribution in [3.05, 3.63) is 26.7 Å². The summed E-state index contributed by atoms with van der Waals surface area (Å²) in [5, 5.41) is 0. The Morgan fingerprint density at radius 2 is 1.82 bits per heavy atom. The molecule has 2 aromatic rings. The molecule has 33 heavy (non-hydrogen) atoms. The van der Waals surface area contributed by atoms with Crippen molar-refractivity contribution in [3.8, 4) is 0 Å². The van der Waals surface area contributed by atoms with Crippen molar-refractivity contribution in [1.82, 2.24) is 19.1 Å². The van der Waals surface area contributed by atoms with Gasteiger partial charge in [0.1, 0.15) is 23.5 Å². The van der Waals surface area contributed by atoms with Crippen LogP contribution in [0.15, 0.2) is 9.59 Å². The summed E-state index contributed by atoms with van der Waals surface area (Å²) in [4.78, 5) is 46.6. The van der Waals surface area contributed by atoms with Gasteiger partial charge in [-0.1, -0.05) is 27.7 Å². The second kappa shape index (κ2) is 8.58. The zero-order valence-electron chi connectivity index (χ0n) is 19.6. The molecule has 4 bridgehead atoms. The second-order valence-corrected chi connectivity index (χ2v) is 10.1. The summed E-state index contributed by atoms with van der Waals surface area (Å²) >= 11 is 0. The Morgan fingerprint density at radius 1 is 1.15 bits per heavy atom. The van der Waals surface area contributed by atoms with Gasteiger partial charge in [0, 0.05) is 30.8 Å². The third kappa shape index (κ3) is 3.46. The molecule has 0 amide bonds. The number of hydrogen-bond acceptors (Lipinski definition) is 6. The molecule has 4 fully saturated rings. The van der Waals surface area contributed by atoms with Crippen molar-refractivity contribution in [2.24, 2.45) is 35.3 Å². The molecule has 0 aliphatic heterocycles. The Labute approximate surface area is 198 Å². The van der Waals surface area contributed by atoms with Gasteiger partial charge in [-0.25, -0.2) is 9.78 Å². The van der Waals surface area contributed by atoms with E-state index in [0.29, 0.717) is 48.4 Å². The van der Waals surface area contributed by atoms with Gasteiger partial charge in [0.2, 0.25) is 0 Å². The lowest BCUT2D eigenvalue weighted by Gasteiger charge is -2.22. The lowest BCUT2D eigenvalue weighted by atomic mass is 9.96. The first kappa shape index (κ1) is 24.0. The number of nitrogens with one attached hydrogen (secondary N) is 1. The summed E-state index contributed by atoms with van der Waals surface area (Å²) in [6.07, 6.45) is 2.35. The van der Waals surface area contributed by atoms with Crippen LogP contribution in [0.4, 0.5) is 0 Å².